The smallest absolute Gasteiger partial charge is 0.245 e. The Balaban J connectivity index is 1.40. The number of hydrogen-bond donors (Lipinski definition) is 0. The van der Waals surface area contributed by atoms with E-state index in [0.717, 1.165) is 47.9 Å². The Kier molecular flexibility index (Phi) is 4.49. The van der Waals surface area contributed by atoms with Crippen molar-refractivity contribution in [2.45, 2.75) is 50.5 Å². The third-order valence-corrected chi connectivity index (χ3v) is 8.14. The maximum atomic E-state index is 13.8. The quantitative estimate of drug-likeness (QED) is 0.686. The van der Waals surface area contributed by atoms with Crippen LogP contribution in [0.2, 0.25) is 0 Å². The predicted octanol–water partition coefficient (Wildman–Crippen LogP) is 3.67. The summed E-state index contributed by atoms with van der Waals surface area (Å²) in [6.45, 7) is 3.17. The molecule has 2 fully saturated rings. The molecule has 7 rings (SSSR count). The van der Waals surface area contributed by atoms with Crippen LogP contribution in [0, 0.1) is 11.8 Å². The van der Waals surface area contributed by atoms with Gasteiger partial charge in [0.2, 0.25) is 17.7 Å². The van der Waals surface area contributed by atoms with Gasteiger partial charge in [-0.25, -0.2) is 0 Å². The van der Waals surface area contributed by atoms with Crippen LogP contribution in [0.5, 0.6) is 0 Å². The first-order valence-electron chi connectivity index (χ1n) is 11.9. The van der Waals surface area contributed by atoms with Gasteiger partial charge in [0.15, 0.2) is 0 Å². The fraction of sp³-hybridized carbons (Fsp3) is 0.444. The predicted molar refractivity (Wildman–Crippen MR) is 120 cm³/mol. The Bertz CT molecular complexity index is 1000. The van der Waals surface area contributed by atoms with Crippen LogP contribution >= 0.6 is 0 Å². The summed E-state index contributed by atoms with van der Waals surface area (Å²) >= 11 is 0. The number of rotatable bonds is 2. The van der Waals surface area contributed by atoms with Gasteiger partial charge in [0, 0.05) is 24.9 Å². The van der Waals surface area contributed by atoms with E-state index < -0.39 is 17.9 Å². The third-order valence-electron chi connectivity index (χ3n) is 8.14. The molecule has 2 saturated heterocycles. The van der Waals surface area contributed by atoms with Crippen LogP contribution < -0.4 is 0 Å². The van der Waals surface area contributed by atoms with Crippen molar-refractivity contribution in [3.05, 3.63) is 70.8 Å². The van der Waals surface area contributed by atoms with Gasteiger partial charge in [0.25, 0.3) is 0 Å². The molecule has 2 aromatic rings. The molecule has 3 aliphatic carbocycles. The van der Waals surface area contributed by atoms with Gasteiger partial charge in [0.05, 0.1) is 11.8 Å². The molecule has 0 unspecified atom stereocenters. The zero-order valence-electron chi connectivity index (χ0n) is 18.4. The molecule has 0 spiro atoms. The number of imide groups is 1. The molecule has 3 atom stereocenters. The number of carbonyl (C=O) groups excluding carboxylic acids is 3. The minimum atomic E-state index is -0.746. The Morgan fingerprint density at radius 2 is 1.16 bits per heavy atom. The van der Waals surface area contributed by atoms with Gasteiger partial charge in [-0.2, -0.15) is 0 Å². The van der Waals surface area contributed by atoms with Gasteiger partial charge in [-0.05, 0) is 42.0 Å². The minimum absolute atomic E-state index is 0.0883. The molecule has 164 valence electrons. The molecule has 32 heavy (non-hydrogen) atoms. The van der Waals surface area contributed by atoms with E-state index in [1.807, 2.05) is 29.2 Å². The molecule has 5 aliphatic rings. The van der Waals surface area contributed by atoms with Crippen LogP contribution in [0.4, 0.5) is 0 Å². The lowest BCUT2D eigenvalue weighted by Gasteiger charge is -2.45. The summed E-state index contributed by atoms with van der Waals surface area (Å²) in [4.78, 5) is 44.1. The zero-order valence-corrected chi connectivity index (χ0v) is 18.4. The van der Waals surface area contributed by atoms with Gasteiger partial charge < -0.3 is 4.90 Å². The molecule has 0 radical (unpaired) electrons. The van der Waals surface area contributed by atoms with Gasteiger partial charge in [-0.1, -0.05) is 61.4 Å². The van der Waals surface area contributed by atoms with Crippen LogP contribution in [0.3, 0.4) is 0 Å². The highest BCUT2D eigenvalue weighted by Gasteiger charge is 2.62. The standard InChI is InChI=1S/C27H28N2O3/c1-16(25(30)28-14-8-2-3-9-15-28)29-26(31)23-21-17-10-4-5-11-18(17)22(24(23)27(29)32)20-13-7-6-12-19(20)21/h4-7,10-13,16,21-24H,2-3,8-9,14-15H2,1H3/t16-,21?,22?,23-,24+/m0/s1. The fourth-order valence-corrected chi connectivity index (χ4v) is 6.75. The second kappa shape index (κ2) is 7.29. The first-order chi connectivity index (χ1) is 15.6. The molecule has 3 amide bonds. The highest BCUT2D eigenvalue weighted by Crippen LogP contribution is 2.61. The first kappa shape index (κ1) is 19.7. The van der Waals surface area contributed by atoms with Crippen LogP contribution in [-0.2, 0) is 14.4 Å². The van der Waals surface area contributed by atoms with E-state index in [0.29, 0.717) is 13.1 Å². The monoisotopic (exact) mass is 428 g/mol. The number of benzene rings is 2. The maximum Gasteiger partial charge on any atom is 0.245 e. The van der Waals surface area contributed by atoms with Gasteiger partial charge in [-0.15, -0.1) is 0 Å². The largest absolute Gasteiger partial charge is 0.341 e. The lowest BCUT2D eigenvalue weighted by atomic mass is 9.55. The molecule has 0 N–H and O–H groups in total. The van der Waals surface area contributed by atoms with Crippen molar-refractivity contribution in [3.63, 3.8) is 0 Å². The molecular formula is C27H28N2O3. The summed E-state index contributed by atoms with van der Waals surface area (Å²) in [7, 11) is 0. The van der Waals surface area contributed by atoms with E-state index >= 15 is 0 Å². The van der Waals surface area contributed by atoms with Crippen molar-refractivity contribution in [1.82, 2.24) is 9.80 Å². The average Bonchev–Trinajstić information content (AvgIpc) is 3.00. The van der Waals surface area contributed by atoms with Gasteiger partial charge >= 0.3 is 0 Å². The van der Waals surface area contributed by atoms with E-state index in [1.165, 1.54) is 4.90 Å². The SMILES string of the molecule is C[C@@H](C(=O)N1CCCCCC1)N1C(=O)[C@@H]2C3c4ccccc4C(c4ccccc43)[C@@H]2C1=O. The Hall–Kier alpha value is -2.95. The van der Waals surface area contributed by atoms with Gasteiger partial charge in [0.1, 0.15) is 6.04 Å². The van der Waals surface area contributed by atoms with Gasteiger partial charge in [-0.3, -0.25) is 19.3 Å². The van der Waals surface area contributed by atoms with Crippen molar-refractivity contribution in [2.24, 2.45) is 11.8 Å². The zero-order chi connectivity index (χ0) is 22.0. The van der Waals surface area contributed by atoms with E-state index in [2.05, 4.69) is 24.3 Å². The van der Waals surface area contributed by atoms with Crippen LogP contribution in [0.25, 0.3) is 0 Å². The lowest BCUT2D eigenvalue weighted by molar-refractivity contribution is -0.151. The second-order valence-corrected chi connectivity index (χ2v) is 9.73. The summed E-state index contributed by atoms with van der Waals surface area (Å²) in [5, 5.41) is 0. The lowest BCUT2D eigenvalue weighted by Crippen LogP contribution is -2.50. The van der Waals surface area contributed by atoms with E-state index in [4.69, 9.17) is 0 Å². The van der Waals surface area contributed by atoms with Crippen molar-refractivity contribution in [3.8, 4) is 0 Å². The van der Waals surface area contributed by atoms with E-state index in [1.54, 1.807) is 6.92 Å². The molecule has 5 heteroatoms. The second-order valence-electron chi connectivity index (χ2n) is 9.73. The Labute approximate surface area is 188 Å². The van der Waals surface area contributed by atoms with Crippen molar-refractivity contribution in [1.29, 1.82) is 0 Å². The molecule has 2 aromatic carbocycles. The number of carbonyl (C=O) groups is 3. The fourth-order valence-electron chi connectivity index (χ4n) is 6.75. The molecule has 2 bridgehead atoms. The van der Waals surface area contributed by atoms with E-state index in [-0.39, 0.29) is 29.6 Å². The number of nitrogens with zero attached hydrogens (tertiary/aromatic N) is 2. The van der Waals surface area contributed by atoms with Crippen LogP contribution in [0.1, 0.15) is 66.7 Å². The minimum Gasteiger partial charge on any atom is -0.341 e. The Morgan fingerprint density at radius 3 is 1.56 bits per heavy atom. The van der Waals surface area contributed by atoms with Crippen molar-refractivity contribution in [2.75, 3.05) is 13.1 Å². The summed E-state index contributed by atoms with van der Waals surface area (Å²) in [6, 6.07) is 15.7. The molecule has 0 aromatic heterocycles. The maximum absolute atomic E-state index is 13.8. The summed E-state index contributed by atoms with van der Waals surface area (Å²) in [5.41, 5.74) is 4.64. The summed E-state index contributed by atoms with van der Waals surface area (Å²) < 4.78 is 0. The van der Waals surface area contributed by atoms with E-state index in [9.17, 15) is 14.4 Å². The van der Waals surface area contributed by atoms with Crippen LogP contribution in [-0.4, -0.2) is 46.7 Å². The Morgan fingerprint density at radius 1 is 0.750 bits per heavy atom. The van der Waals surface area contributed by atoms with Crippen molar-refractivity contribution >= 4 is 17.7 Å². The molecule has 2 heterocycles. The highest BCUT2D eigenvalue weighted by molar-refractivity contribution is 6.10. The third kappa shape index (κ3) is 2.60. The topological polar surface area (TPSA) is 57.7 Å². The molecule has 0 saturated carbocycles. The molecule has 2 aliphatic heterocycles. The molecule has 5 nitrogen and oxygen atoms in total. The number of hydrogen-bond acceptors (Lipinski definition) is 3. The average molecular weight is 429 g/mol. The summed E-state index contributed by atoms with van der Waals surface area (Å²) in [6.07, 6.45) is 4.23. The number of amides is 3. The number of likely N-dealkylation sites (tertiary alicyclic amines) is 2. The van der Waals surface area contributed by atoms with Crippen molar-refractivity contribution < 1.29 is 14.4 Å². The van der Waals surface area contributed by atoms with Crippen LogP contribution in [0.15, 0.2) is 48.5 Å². The first-order valence-corrected chi connectivity index (χ1v) is 11.9. The highest BCUT2D eigenvalue weighted by atomic mass is 16.2. The molecular weight excluding hydrogens is 400 g/mol. The normalized spacial score (nSPS) is 29.3. The summed E-state index contributed by atoms with van der Waals surface area (Å²) in [5.74, 6) is -1.52.